The van der Waals surface area contributed by atoms with E-state index in [1.807, 2.05) is 66.2 Å². The summed E-state index contributed by atoms with van der Waals surface area (Å²) in [7, 11) is 0. The third kappa shape index (κ3) is 3.98. The third-order valence-corrected chi connectivity index (χ3v) is 4.84. The largest absolute Gasteiger partial charge is 0.337 e. The number of hydrogen-bond donors (Lipinski definition) is 0. The van der Waals surface area contributed by atoms with Crippen LogP contribution < -0.4 is 0 Å². The van der Waals surface area contributed by atoms with E-state index >= 15 is 0 Å². The molecule has 0 aliphatic carbocycles. The van der Waals surface area contributed by atoms with Gasteiger partial charge in [-0.25, -0.2) is 15.0 Å². The lowest BCUT2D eigenvalue weighted by molar-refractivity contribution is 0.0979. The third-order valence-electron chi connectivity index (χ3n) is 4.84. The van der Waals surface area contributed by atoms with Crippen LogP contribution in [0.2, 0.25) is 0 Å². The van der Waals surface area contributed by atoms with Gasteiger partial charge in [0.2, 0.25) is 0 Å². The second kappa shape index (κ2) is 8.13. The SMILES string of the molecule is Cc1nc2ccc(C(=O)CCCCn3ccnc3)cc2nc1-c1ccccc1. The van der Waals surface area contributed by atoms with Crippen LogP contribution in [0.5, 0.6) is 0 Å². The summed E-state index contributed by atoms with van der Waals surface area (Å²) in [4.78, 5) is 26.1. The molecular formula is C23H22N4O. The van der Waals surface area contributed by atoms with Crippen molar-refractivity contribution in [2.75, 3.05) is 0 Å². The summed E-state index contributed by atoms with van der Waals surface area (Å²) in [6.07, 6.45) is 7.85. The Labute approximate surface area is 164 Å². The zero-order chi connectivity index (χ0) is 19.3. The van der Waals surface area contributed by atoms with Gasteiger partial charge in [-0.15, -0.1) is 0 Å². The first-order chi connectivity index (χ1) is 13.7. The first-order valence-corrected chi connectivity index (χ1v) is 9.53. The van der Waals surface area contributed by atoms with Gasteiger partial charge in [-0.05, 0) is 38.0 Å². The highest BCUT2D eigenvalue weighted by atomic mass is 16.1. The van der Waals surface area contributed by atoms with Crippen molar-refractivity contribution in [3.8, 4) is 11.3 Å². The Morgan fingerprint density at radius 1 is 1.00 bits per heavy atom. The van der Waals surface area contributed by atoms with Gasteiger partial charge in [-0.1, -0.05) is 30.3 Å². The zero-order valence-electron chi connectivity index (χ0n) is 15.9. The number of unbranched alkanes of at least 4 members (excludes halogenated alkanes) is 1. The van der Waals surface area contributed by atoms with Crippen LogP contribution in [0.15, 0.2) is 67.3 Å². The molecule has 0 atom stereocenters. The number of Topliss-reactive ketones (excluding diaryl/α,β-unsaturated/α-hetero) is 1. The summed E-state index contributed by atoms with van der Waals surface area (Å²) in [6.45, 7) is 2.85. The Morgan fingerprint density at radius 2 is 1.86 bits per heavy atom. The van der Waals surface area contributed by atoms with E-state index in [4.69, 9.17) is 4.98 Å². The molecule has 0 unspecified atom stereocenters. The highest BCUT2D eigenvalue weighted by Crippen LogP contribution is 2.23. The average molecular weight is 370 g/mol. The highest BCUT2D eigenvalue weighted by molar-refractivity contribution is 5.99. The maximum absolute atomic E-state index is 12.6. The first-order valence-electron chi connectivity index (χ1n) is 9.53. The van der Waals surface area contributed by atoms with Crippen molar-refractivity contribution in [3.63, 3.8) is 0 Å². The molecule has 140 valence electrons. The number of ketones is 1. The number of nitrogens with zero attached hydrogens (tertiary/aromatic N) is 4. The number of aromatic nitrogens is 4. The Balaban J connectivity index is 1.50. The van der Waals surface area contributed by atoms with Gasteiger partial charge in [0, 0.05) is 36.5 Å². The maximum atomic E-state index is 12.6. The second-order valence-electron chi connectivity index (χ2n) is 6.91. The van der Waals surface area contributed by atoms with Crippen molar-refractivity contribution >= 4 is 16.8 Å². The summed E-state index contributed by atoms with van der Waals surface area (Å²) < 4.78 is 2.03. The smallest absolute Gasteiger partial charge is 0.162 e. The number of carbonyl (C=O) groups is 1. The van der Waals surface area contributed by atoms with E-state index in [0.29, 0.717) is 12.0 Å². The Bertz CT molecular complexity index is 1090. The van der Waals surface area contributed by atoms with Crippen molar-refractivity contribution in [1.82, 2.24) is 19.5 Å². The minimum Gasteiger partial charge on any atom is -0.337 e. The van der Waals surface area contributed by atoms with Crippen LogP contribution in [0.25, 0.3) is 22.3 Å². The lowest BCUT2D eigenvalue weighted by Gasteiger charge is -2.08. The fourth-order valence-corrected chi connectivity index (χ4v) is 3.33. The monoisotopic (exact) mass is 370 g/mol. The fourth-order valence-electron chi connectivity index (χ4n) is 3.33. The minimum absolute atomic E-state index is 0.149. The number of aryl methyl sites for hydroxylation is 2. The summed E-state index contributed by atoms with van der Waals surface area (Å²) in [5.41, 5.74) is 5.05. The molecule has 0 saturated heterocycles. The molecule has 5 nitrogen and oxygen atoms in total. The Morgan fingerprint density at radius 3 is 2.64 bits per heavy atom. The summed E-state index contributed by atoms with van der Waals surface area (Å²) in [5.74, 6) is 0.149. The number of carbonyl (C=O) groups excluding carboxylic acids is 1. The van der Waals surface area contributed by atoms with Gasteiger partial charge in [-0.2, -0.15) is 0 Å². The Hall–Kier alpha value is -3.34. The van der Waals surface area contributed by atoms with E-state index in [9.17, 15) is 4.79 Å². The zero-order valence-corrected chi connectivity index (χ0v) is 15.9. The van der Waals surface area contributed by atoms with Gasteiger partial charge in [0.1, 0.15) is 0 Å². The van der Waals surface area contributed by atoms with E-state index in [1.165, 1.54) is 0 Å². The van der Waals surface area contributed by atoms with Gasteiger partial charge in [0.15, 0.2) is 5.78 Å². The van der Waals surface area contributed by atoms with Gasteiger partial charge in [-0.3, -0.25) is 4.79 Å². The molecule has 28 heavy (non-hydrogen) atoms. The van der Waals surface area contributed by atoms with Crippen molar-refractivity contribution in [2.45, 2.75) is 32.7 Å². The van der Waals surface area contributed by atoms with Crippen LogP contribution in [0.4, 0.5) is 0 Å². The van der Waals surface area contributed by atoms with Crippen LogP contribution >= 0.6 is 0 Å². The lowest BCUT2D eigenvalue weighted by Crippen LogP contribution is -2.02. The molecule has 0 saturated carbocycles. The molecule has 0 aliphatic rings. The van der Waals surface area contributed by atoms with Crippen LogP contribution in [0, 0.1) is 6.92 Å². The standard InChI is InChI=1S/C23H22N4O/c1-17-23(18-7-3-2-4-8-18)26-21-15-19(10-11-20(21)25-17)22(28)9-5-6-13-27-14-12-24-16-27/h2-4,7-8,10-12,14-16H,5-6,9,13H2,1H3. The minimum atomic E-state index is 0.149. The van der Waals surface area contributed by atoms with Crippen LogP contribution in [-0.2, 0) is 6.54 Å². The molecule has 0 radical (unpaired) electrons. The molecule has 0 spiro atoms. The summed E-state index contributed by atoms with van der Waals surface area (Å²) >= 11 is 0. The number of rotatable bonds is 7. The van der Waals surface area contributed by atoms with Crippen LogP contribution in [0.3, 0.4) is 0 Å². The summed E-state index contributed by atoms with van der Waals surface area (Å²) in [6, 6.07) is 15.6. The van der Waals surface area contributed by atoms with Crippen LogP contribution in [0.1, 0.15) is 35.3 Å². The molecule has 0 N–H and O–H groups in total. The molecule has 0 fully saturated rings. The highest BCUT2D eigenvalue weighted by Gasteiger charge is 2.11. The number of hydrogen-bond acceptors (Lipinski definition) is 4. The van der Waals surface area contributed by atoms with Gasteiger partial charge in [0.25, 0.3) is 0 Å². The molecule has 0 bridgehead atoms. The average Bonchev–Trinajstić information content (AvgIpc) is 3.24. The van der Waals surface area contributed by atoms with Gasteiger partial charge >= 0.3 is 0 Å². The molecule has 2 heterocycles. The molecule has 5 heteroatoms. The number of fused-ring (bicyclic) bond motifs is 1. The van der Waals surface area contributed by atoms with Gasteiger partial charge in [0.05, 0.1) is 28.7 Å². The number of imidazole rings is 1. The maximum Gasteiger partial charge on any atom is 0.162 e. The van der Waals surface area contributed by atoms with E-state index < -0.39 is 0 Å². The number of benzene rings is 2. The Kier molecular flexibility index (Phi) is 5.24. The van der Waals surface area contributed by atoms with Gasteiger partial charge < -0.3 is 4.57 Å². The topological polar surface area (TPSA) is 60.7 Å². The van der Waals surface area contributed by atoms with E-state index in [1.54, 1.807) is 12.5 Å². The van der Waals surface area contributed by atoms with E-state index in [0.717, 1.165) is 47.4 Å². The molecule has 2 aromatic heterocycles. The van der Waals surface area contributed by atoms with Crippen molar-refractivity contribution in [2.24, 2.45) is 0 Å². The molecule has 4 rings (SSSR count). The normalized spacial score (nSPS) is 11.0. The summed E-state index contributed by atoms with van der Waals surface area (Å²) in [5, 5.41) is 0. The quantitative estimate of drug-likeness (QED) is 0.344. The predicted octanol–water partition coefficient (Wildman–Crippen LogP) is 4.85. The van der Waals surface area contributed by atoms with Crippen molar-refractivity contribution in [3.05, 3.63) is 78.5 Å². The molecular weight excluding hydrogens is 348 g/mol. The van der Waals surface area contributed by atoms with Crippen molar-refractivity contribution in [1.29, 1.82) is 0 Å². The lowest BCUT2D eigenvalue weighted by atomic mass is 10.0. The molecule has 0 amide bonds. The first kappa shape index (κ1) is 18.0. The fraction of sp³-hybridized carbons (Fsp3) is 0.217. The molecule has 0 aliphatic heterocycles. The molecule has 2 aromatic carbocycles. The van der Waals surface area contributed by atoms with E-state index in [-0.39, 0.29) is 5.78 Å². The molecule has 4 aromatic rings. The van der Waals surface area contributed by atoms with E-state index in [2.05, 4.69) is 9.97 Å². The van der Waals surface area contributed by atoms with Crippen molar-refractivity contribution < 1.29 is 4.79 Å². The second-order valence-corrected chi connectivity index (χ2v) is 6.91. The predicted molar refractivity (Wildman–Crippen MR) is 110 cm³/mol. The van der Waals surface area contributed by atoms with Crippen LogP contribution in [-0.4, -0.2) is 25.3 Å².